The van der Waals surface area contributed by atoms with E-state index in [2.05, 4.69) is 9.88 Å². The zero-order valence-corrected chi connectivity index (χ0v) is 10.6. The minimum atomic E-state index is -4.00. The number of aryl methyl sites for hydroxylation is 2. The molecule has 0 spiro atoms. The Hall–Kier alpha value is -1.89. The molecule has 0 aliphatic rings. The highest BCUT2D eigenvalue weighted by molar-refractivity contribution is 7.92. The van der Waals surface area contributed by atoms with E-state index in [4.69, 9.17) is 4.52 Å². The van der Waals surface area contributed by atoms with Gasteiger partial charge in [0.2, 0.25) is 0 Å². The molecule has 0 saturated carbocycles. The summed E-state index contributed by atoms with van der Waals surface area (Å²) in [5.74, 6) is -0.334. The van der Waals surface area contributed by atoms with Crippen molar-refractivity contribution < 1.29 is 17.3 Å². The van der Waals surface area contributed by atoms with Gasteiger partial charge in [0.15, 0.2) is 5.82 Å². The molecule has 0 atom stereocenters. The van der Waals surface area contributed by atoms with Crippen LogP contribution in [0.25, 0.3) is 0 Å². The fourth-order valence-electron chi connectivity index (χ4n) is 1.42. The van der Waals surface area contributed by atoms with Crippen LogP contribution < -0.4 is 4.72 Å². The largest absolute Gasteiger partial charge is 0.360 e. The normalized spacial score (nSPS) is 11.5. The van der Waals surface area contributed by atoms with E-state index in [0.717, 1.165) is 6.07 Å². The number of nitrogens with zero attached hydrogens (tertiary/aromatic N) is 1. The van der Waals surface area contributed by atoms with Crippen molar-refractivity contribution in [3.05, 3.63) is 41.4 Å². The standard InChI is InChI=1S/C11H11FN2O3S/c1-7-3-4-9(12)10(5-7)18(15,16)14-11-6-8(2)17-13-11/h3-6H,1-2H3,(H,13,14). The summed E-state index contributed by atoms with van der Waals surface area (Å²) in [5.41, 5.74) is 0.646. The Morgan fingerprint density at radius 3 is 2.61 bits per heavy atom. The van der Waals surface area contributed by atoms with E-state index in [0.29, 0.717) is 11.3 Å². The highest BCUT2D eigenvalue weighted by Gasteiger charge is 2.20. The molecule has 1 aromatic heterocycles. The van der Waals surface area contributed by atoms with Crippen LogP contribution in [0.3, 0.4) is 0 Å². The summed E-state index contributed by atoms with van der Waals surface area (Å²) in [6.45, 7) is 3.30. The molecular formula is C11H11FN2O3S. The fraction of sp³-hybridized carbons (Fsp3) is 0.182. The van der Waals surface area contributed by atoms with Gasteiger partial charge in [-0.3, -0.25) is 4.72 Å². The van der Waals surface area contributed by atoms with E-state index >= 15 is 0 Å². The molecule has 1 heterocycles. The monoisotopic (exact) mass is 270 g/mol. The molecule has 96 valence electrons. The van der Waals surface area contributed by atoms with Crippen LogP contribution in [-0.2, 0) is 10.0 Å². The van der Waals surface area contributed by atoms with Crippen LogP contribution in [0.5, 0.6) is 0 Å². The highest BCUT2D eigenvalue weighted by Crippen LogP contribution is 2.19. The number of hydrogen-bond donors (Lipinski definition) is 1. The first-order valence-corrected chi connectivity index (χ1v) is 6.59. The molecule has 0 unspecified atom stereocenters. The average Bonchev–Trinajstić information content (AvgIpc) is 2.66. The summed E-state index contributed by atoms with van der Waals surface area (Å²) in [6.07, 6.45) is 0. The number of hydrogen-bond acceptors (Lipinski definition) is 4. The Balaban J connectivity index is 2.39. The third kappa shape index (κ3) is 2.51. The van der Waals surface area contributed by atoms with E-state index < -0.39 is 20.7 Å². The lowest BCUT2D eigenvalue weighted by Crippen LogP contribution is -2.15. The maximum atomic E-state index is 13.5. The molecule has 1 N–H and O–H groups in total. The van der Waals surface area contributed by atoms with Gasteiger partial charge in [-0.1, -0.05) is 11.2 Å². The van der Waals surface area contributed by atoms with Crippen LogP contribution in [0.15, 0.2) is 33.7 Å². The molecule has 5 nitrogen and oxygen atoms in total. The first kappa shape index (κ1) is 12.6. The Morgan fingerprint density at radius 1 is 1.28 bits per heavy atom. The van der Waals surface area contributed by atoms with Gasteiger partial charge in [-0.15, -0.1) is 0 Å². The van der Waals surface area contributed by atoms with E-state index in [9.17, 15) is 12.8 Å². The highest BCUT2D eigenvalue weighted by atomic mass is 32.2. The quantitative estimate of drug-likeness (QED) is 0.928. The second kappa shape index (κ2) is 4.41. The minimum Gasteiger partial charge on any atom is -0.360 e. The van der Waals surface area contributed by atoms with Gasteiger partial charge >= 0.3 is 0 Å². The van der Waals surface area contributed by atoms with Crippen molar-refractivity contribution in [2.24, 2.45) is 0 Å². The molecule has 0 saturated heterocycles. The summed E-state index contributed by atoms with van der Waals surface area (Å²) in [4.78, 5) is -0.414. The molecule has 2 aromatic rings. The van der Waals surface area contributed by atoms with E-state index in [1.54, 1.807) is 13.8 Å². The number of anilines is 1. The van der Waals surface area contributed by atoms with Crippen LogP contribution >= 0.6 is 0 Å². The average molecular weight is 270 g/mol. The van der Waals surface area contributed by atoms with Crippen LogP contribution in [0.4, 0.5) is 10.2 Å². The lowest BCUT2D eigenvalue weighted by molar-refractivity contribution is 0.400. The first-order chi connectivity index (χ1) is 8.38. The molecule has 1 aromatic carbocycles. The van der Waals surface area contributed by atoms with Gasteiger partial charge in [0.25, 0.3) is 10.0 Å². The summed E-state index contributed by atoms with van der Waals surface area (Å²) < 4.78 is 44.3. The second-order valence-electron chi connectivity index (χ2n) is 3.86. The molecule has 2 rings (SSSR count). The maximum Gasteiger partial charge on any atom is 0.266 e. The van der Waals surface area contributed by atoms with Crippen molar-refractivity contribution >= 4 is 15.8 Å². The first-order valence-electron chi connectivity index (χ1n) is 5.11. The topological polar surface area (TPSA) is 72.2 Å². The zero-order chi connectivity index (χ0) is 13.3. The van der Waals surface area contributed by atoms with E-state index in [1.807, 2.05) is 0 Å². The van der Waals surface area contributed by atoms with Crippen LogP contribution in [0.1, 0.15) is 11.3 Å². The third-order valence-electron chi connectivity index (χ3n) is 2.24. The summed E-state index contributed by atoms with van der Waals surface area (Å²) in [6, 6.07) is 5.27. The number of halogens is 1. The van der Waals surface area contributed by atoms with Gasteiger partial charge in [-0.25, -0.2) is 12.8 Å². The zero-order valence-electron chi connectivity index (χ0n) is 9.77. The minimum absolute atomic E-state index is 0.0217. The van der Waals surface area contributed by atoms with Crippen molar-refractivity contribution in [1.29, 1.82) is 0 Å². The molecule has 0 radical (unpaired) electrons. The summed E-state index contributed by atoms with van der Waals surface area (Å²) >= 11 is 0. The Morgan fingerprint density at radius 2 is 2.00 bits per heavy atom. The number of rotatable bonds is 3. The van der Waals surface area contributed by atoms with Crippen LogP contribution in [0.2, 0.25) is 0 Å². The molecule has 0 aliphatic heterocycles. The van der Waals surface area contributed by atoms with Crippen LogP contribution in [-0.4, -0.2) is 13.6 Å². The predicted octanol–water partition coefficient (Wildman–Crippen LogP) is 2.23. The van der Waals surface area contributed by atoms with Gasteiger partial charge in [0, 0.05) is 6.07 Å². The molecule has 0 amide bonds. The smallest absolute Gasteiger partial charge is 0.266 e. The van der Waals surface area contributed by atoms with Crippen molar-refractivity contribution in [2.45, 2.75) is 18.7 Å². The van der Waals surface area contributed by atoms with Gasteiger partial charge in [0.1, 0.15) is 16.5 Å². The Labute approximate surface area is 104 Å². The van der Waals surface area contributed by atoms with Crippen molar-refractivity contribution in [3.8, 4) is 0 Å². The number of aromatic nitrogens is 1. The number of benzene rings is 1. The molecular weight excluding hydrogens is 259 g/mol. The lowest BCUT2D eigenvalue weighted by Gasteiger charge is -2.06. The maximum absolute atomic E-state index is 13.5. The van der Waals surface area contributed by atoms with Gasteiger partial charge in [-0.2, -0.15) is 0 Å². The molecule has 0 fully saturated rings. The van der Waals surface area contributed by atoms with Gasteiger partial charge in [-0.05, 0) is 31.5 Å². The van der Waals surface area contributed by atoms with Gasteiger partial charge < -0.3 is 4.52 Å². The number of sulfonamides is 1. The van der Waals surface area contributed by atoms with Crippen molar-refractivity contribution in [3.63, 3.8) is 0 Å². The molecule has 7 heteroatoms. The van der Waals surface area contributed by atoms with E-state index in [1.165, 1.54) is 18.2 Å². The Bertz CT molecular complexity index is 679. The summed E-state index contributed by atoms with van der Waals surface area (Å²) in [7, 11) is -4.00. The lowest BCUT2D eigenvalue weighted by atomic mass is 10.2. The van der Waals surface area contributed by atoms with Crippen LogP contribution in [0, 0.1) is 19.7 Å². The fourth-order valence-corrected chi connectivity index (χ4v) is 2.57. The Kier molecular flexibility index (Phi) is 3.08. The molecule has 0 aliphatic carbocycles. The summed E-state index contributed by atoms with van der Waals surface area (Å²) in [5, 5.41) is 3.49. The third-order valence-corrected chi connectivity index (χ3v) is 3.61. The van der Waals surface area contributed by atoms with Crippen molar-refractivity contribution in [1.82, 2.24) is 5.16 Å². The van der Waals surface area contributed by atoms with Crippen molar-refractivity contribution in [2.75, 3.05) is 4.72 Å². The predicted molar refractivity (Wildman–Crippen MR) is 63.2 cm³/mol. The SMILES string of the molecule is Cc1ccc(F)c(S(=O)(=O)Nc2cc(C)on2)c1. The van der Waals surface area contributed by atoms with E-state index in [-0.39, 0.29) is 5.82 Å². The molecule has 0 bridgehead atoms. The number of nitrogens with one attached hydrogen (secondary N) is 1. The van der Waals surface area contributed by atoms with Gasteiger partial charge in [0.05, 0.1) is 0 Å². The molecule has 18 heavy (non-hydrogen) atoms. The second-order valence-corrected chi connectivity index (χ2v) is 5.51.